The molecule has 1 fully saturated rings. The maximum absolute atomic E-state index is 13.9. The molecule has 2 aromatic carbocycles. The zero-order valence-corrected chi connectivity index (χ0v) is 14.3. The number of likely N-dealkylation sites (tertiary alicyclic amines) is 1. The summed E-state index contributed by atoms with van der Waals surface area (Å²) in [5.74, 6) is -2.20. The van der Waals surface area contributed by atoms with Crippen LogP contribution in [0.25, 0.3) is 0 Å². The monoisotopic (exact) mass is 358 g/mol. The van der Waals surface area contributed by atoms with Crippen molar-refractivity contribution >= 4 is 11.8 Å². The second-order valence-corrected chi connectivity index (χ2v) is 6.39. The van der Waals surface area contributed by atoms with Crippen molar-refractivity contribution < 1.29 is 18.4 Å². The molecule has 1 aliphatic heterocycles. The topological polar surface area (TPSA) is 49.4 Å². The van der Waals surface area contributed by atoms with E-state index in [1.165, 1.54) is 17.0 Å². The Kier molecular flexibility index (Phi) is 5.61. The van der Waals surface area contributed by atoms with Gasteiger partial charge in [-0.15, -0.1) is 0 Å². The van der Waals surface area contributed by atoms with E-state index in [-0.39, 0.29) is 36.4 Å². The summed E-state index contributed by atoms with van der Waals surface area (Å²) >= 11 is 0. The molecule has 1 atom stereocenters. The number of carbonyl (C=O) groups excluding carboxylic acids is 2. The molecule has 0 saturated carbocycles. The average Bonchev–Trinajstić information content (AvgIpc) is 2.98. The lowest BCUT2D eigenvalue weighted by Gasteiger charge is -2.25. The molecule has 136 valence electrons. The predicted octanol–water partition coefficient (Wildman–Crippen LogP) is 3.16. The summed E-state index contributed by atoms with van der Waals surface area (Å²) in [7, 11) is 0. The fourth-order valence-electron chi connectivity index (χ4n) is 3.16. The van der Waals surface area contributed by atoms with Crippen molar-refractivity contribution in [3.8, 4) is 0 Å². The highest BCUT2D eigenvalue weighted by molar-refractivity contribution is 5.82. The molecule has 26 heavy (non-hydrogen) atoms. The maximum atomic E-state index is 13.9. The molecule has 1 heterocycles. The van der Waals surface area contributed by atoms with E-state index in [0.29, 0.717) is 19.4 Å². The molecule has 1 aliphatic rings. The molecule has 3 rings (SSSR count). The van der Waals surface area contributed by atoms with Crippen molar-refractivity contribution in [1.29, 1.82) is 0 Å². The number of benzene rings is 2. The van der Waals surface area contributed by atoms with Gasteiger partial charge >= 0.3 is 0 Å². The molecule has 2 amide bonds. The number of hydrogen-bond donors (Lipinski definition) is 1. The van der Waals surface area contributed by atoms with E-state index in [4.69, 9.17) is 0 Å². The Hall–Kier alpha value is -2.76. The van der Waals surface area contributed by atoms with Crippen LogP contribution in [0.1, 0.15) is 30.4 Å². The van der Waals surface area contributed by atoms with Gasteiger partial charge in [0.15, 0.2) is 11.6 Å². The lowest BCUT2D eigenvalue weighted by Crippen LogP contribution is -2.37. The Morgan fingerprint density at radius 1 is 1.12 bits per heavy atom. The summed E-state index contributed by atoms with van der Waals surface area (Å²) in [5.41, 5.74) is 1.11. The van der Waals surface area contributed by atoms with Crippen molar-refractivity contribution in [2.24, 2.45) is 0 Å². The first-order valence-corrected chi connectivity index (χ1v) is 8.57. The van der Waals surface area contributed by atoms with Crippen molar-refractivity contribution in [1.82, 2.24) is 10.2 Å². The van der Waals surface area contributed by atoms with Crippen molar-refractivity contribution in [2.45, 2.75) is 38.4 Å². The molecule has 0 radical (unpaired) electrons. The summed E-state index contributed by atoms with van der Waals surface area (Å²) in [6.07, 6.45) is 0.998. The summed E-state index contributed by atoms with van der Waals surface area (Å²) in [6.45, 7) is 0.387. The first-order chi connectivity index (χ1) is 12.5. The molecular weight excluding hydrogens is 338 g/mol. The number of amides is 2. The summed E-state index contributed by atoms with van der Waals surface area (Å²) < 4.78 is 27.3. The van der Waals surface area contributed by atoms with Gasteiger partial charge in [0.25, 0.3) is 0 Å². The SMILES string of the molecule is O=C(CC1CCC(=O)N1Cc1cccc(F)c1F)NCc1ccccc1. The van der Waals surface area contributed by atoms with Gasteiger partial charge in [-0.3, -0.25) is 9.59 Å². The maximum Gasteiger partial charge on any atom is 0.223 e. The lowest BCUT2D eigenvalue weighted by molar-refractivity contribution is -0.130. The van der Waals surface area contributed by atoms with Crippen LogP contribution in [0.2, 0.25) is 0 Å². The lowest BCUT2D eigenvalue weighted by atomic mass is 10.1. The third-order valence-electron chi connectivity index (χ3n) is 4.58. The zero-order valence-electron chi connectivity index (χ0n) is 14.3. The number of rotatable bonds is 6. The highest BCUT2D eigenvalue weighted by atomic mass is 19.2. The van der Waals surface area contributed by atoms with Crippen molar-refractivity contribution in [3.63, 3.8) is 0 Å². The van der Waals surface area contributed by atoms with Gasteiger partial charge in [-0.25, -0.2) is 8.78 Å². The number of carbonyl (C=O) groups is 2. The Bertz CT molecular complexity index is 796. The molecule has 0 aromatic heterocycles. The van der Waals surface area contributed by atoms with Gasteiger partial charge in [0.05, 0.1) is 0 Å². The van der Waals surface area contributed by atoms with Crippen LogP contribution in [0.3, 0.4) is 0 Å². The smallest absolute Gasteiger partial charge is 0.223 e. The van der Waals surface area contributed by atoms with Crippen molar-refractivity contribution in [2.75, 3.05) is 0 Å². The van der Waals surface area contributed by atoms with Gasteiger partial charge < -0.3 is 10.2 Å². The van der Waals surface area contributed by atoms with E-state index in [0.717, 1.165) is 11.6 Å². The van der Waals surface area contributed by atoms with Gasteiger partial charge in [0.1, 0.15) is 0 Å². The van der Waals surface area contributed by atoms with E-state index in [2.05, 4.69) is 5.32 Å². The quantitative estimate of drug-likeness (QED) is 0.862. The number of halogens is 2. The summed E-state index contributed by atoms with van der Waals surface area (Å²) in [6, 6.07) is 13.1. The molecule has 0 bridgehead atoms. The van der Waals surface area contributed by atoms with Gasteiger partial charge in [0, 0.05) is 37.5 Å². The molecule has 1 unspecified atom stereocenters. The van der Waals surface area contributed by atoms with Crippen LogP contribution in [-0.4, -0.2) is 22.8 Å². The fraction of sp³-hybridized carbons (Fsp3) is 0.300. The third-order valence-corrected chi connectivity index (χ3v) is 4.58. The third kappa shape index (κ3) is 4.25. The molecular formula is C20H20F2N2O2. The molecule has 4 nitrogen and oxygen atoms in total. The minimum atomic E-state index is -0.945. The van der Waals surface area contributed by atoms with E-state index >= 15 is 0 Å². The highest BCUT2D eigenvalue weighted by Crippen LogP contribution is 2.25. The summed E-state index contributed by atoms with van der Waals surface area (Å²) in [4.78, 5) is 25.8. The van der Waals surface area contributed by atoms with E-state index in [1.807, 2.05) is 30.3 Å². The van der Waals surface area contributed by atoms with Crippen LogP contribution in [-0.2, 0) is 22.7 Å². The average molecular weight is 358 g/mol. The molecule has 2 aromatic rings. The van der Waals surface area contributed by atoms with Crippen LogP contribution in [0.5, 0.6) is 0 Å². The molecule has 6 heteroatoms. The number of hydrogen-bond acceptors (Lipinski definition) is 2. The molecule has 0 spiro atoms. The fourth-order valence-corrected chi connectivity index (χ4v) is 3.16. The van der Waals surface area contributed by atoms with Crippen LogP contribution >= 0.6 is 0 Å². The molecule has 1 N–H and O–H groups in total. The minimum absolute atomic E-state index is 0.0287. The van der Waals surface area contributed by atoms with Crippen LogP contribution < -0.4 is 5.32 Å². The van der Waals surface area contributed by atoms with Gasteiger partial charge in [-0.1, -0.05) is 42.5 Å². The normalized spacial score (nSPS) is 16.8. The van der Waals surface area contributed by atoms with Crippen LogP contribution in [0.15, 0.2) is 48.5 Å². The first-order valence-electron chi connectivity index (χ1n) is 8.57. The van der Waals surface area contributed by atoms with Gasteiger partial charge in [-0.05, 0) is 18.1 Å². The Balaban J connectivity index is 1.60. The number of nitrogens with one attached hydrogen (secondary N) is 1. The second-order valence-electron chi connectivity index (χ2n) is 6.39. The van der Waals surface area contributed by atoms with E-state index in [1.54, 1.807) is 0 Å². The predicted molar refractivity (Wildman–Crippen MR) is 92.8 cm³/mol. The van der Waals surface area contributed by atoms with Crippen LogP contribution in [0.4, 0.5) is 8.78 Å². The first kappa shape index (κ1) is 18.0. The standard InChI is InChI=1S/C20H20F2N2O2/c21-17-8-4-7-15(20(17)22)13-24-16(9-10-19(24)26)11-18(25)23-12-14-5-2-1-3-6-14/h1-8,16H,9-13H2,(H,23,25). The second kappa shape index (κ2) is 8.08. The Morgan fingerprint density at radius 2 is 1.88 bits per heavy atom. The van der Waals surface area contributed by atoms with Crippen molar-refractivity contribution in [3.05, 3.63) is 71.3 Å². The zero-order chi connectivity index (χ0) is 18.5. The molecule has 1 saturated heterocycles. The minimum Gasteiger partial charge on any atom is -0.352 e. The number of nitrogens with zero attached hydrogens (tertiary/aromatic N) is 1. The summed E-state index contributed by atoms with van der Waals surface area (Å²) in [5, 5.41) is 2.83. The Morgan fingerprint density at radius 3 is 2.65 bits per heavy atom. The van der Waals surface area contributed by atoms with Gasteiger partial charge in [-0.2, -0.15) is 0 Å². The van der Waals surface area contributed by atoms with Gasteiger partial charge in [0.2, 0.25) is 11.8 Å². The molecule has 0 aliphatic carbocycles. The Labute approximate surface area is 150 Å². The largest absolute Gasteiger partial charge is 0.352 e. The van der Waals surface area contributed by atoms with Crippen LogP contribution in [0, 0.1) is 11.6 Å². The van der Waals surface area contributed by atoms with E-state index < -0.39 is 11.6 Å². The highest BCUT2D eigenvalue weighted by Gasteiger charge is 2.33. The van der Waals surface area contributed by atoms with E-state index in [9.17, 15) is 18.4 Å².